The molecule has 3 aromatic rings. The lowest BCUT2D eigenvalue weighted by molar-refractivity contribution is 0.882. The minimum atomic E-state index is -0.200. The van der Waals surface area contributed by atoms with E-state index in [1.807, 2.05) is 26.0 Å². The van der Waals surface area contributed by atoms with Crippen LogP contribution in [-0.4, -0.2) is 9.55 Å². The number of imidazole rings is 1. The van der Waals surface area contributed by atoms with Crippen LogP contribution in [0.1, 0.15) is 29.3 Å². The fourth-order valence-electron chi connectivity index (χ4n) is 2.52. The highest BCUT2D eigenvalue weighted by atomic mass is 35.5. The van der Waals surface area contributed by atoms with Crippen LogP contribution in [0, 0.1) is 13.8 Å². The van der Waals surface area contributed by atoms with Crippen LogP contribution in [0.15, 0.2) is 36.4 Å². The van der Waals surface area contributed by atoms with Crippen molar-refractivity contribution in [1.29, 1.82) is 0 Å². The molecule has 0 aliphatic rings. The van der Waals surface area contributed by atoms with Gasteiger partial charge in [0, 0.05) is 0 Å². The van der Waals surface area contributed by atoms with Gasteiger partial charge in [-0.15, -0.1) is 11.6 Å². The molecule has 21 heavy (non-hydrogen) atoms. The Morgan fingerprint density at radius 1 is 1.05 bits per heavy atom. The lowest BCUT2D eigenvalue weighted by Gasteiger charge is -2.13. The lowest BCUT2D eigenvalue weighted by atomic mass is 10.2. The molecule has 2 aromatic carbocycles. The highest BCUT2D eigenvalue weighted by Crippen LogP contribution is 2.32. The Kier molecular flexibility index (Phi) is 3.68. The molecule has 1 unspecified atom stereocenters. The fraction of sp³-hybridized carbons (Fsp3) is 0.235. The summed E-state index contributed by atoms with van der Waals surface area (Å²) >= 11 is 12.7. The van der Waals surface area contributed by atoms with E-state index in [1.165, 1.54) is 5.56 Å². The van der Waals surface area contributed by atoms with Crippen molar-refractivity contribution in [2.24, 2.45) is 0 Å². The second-order valence-electron chi connectivity index (χ2n) is 5.37. The molecule has 108 valence electrons. The molecule has 0 fully saturated rings. The quantitative estimate of drug-likeness (QED) is 0.563. The van der Waals surface area contributed by atoms with Crippen molar-refractivity contribution in [2.75, 3.05) is 0 Å². The summed E-state index contributed by atoms with van der Waals surface area (Å²) in [5.74, 6) is 0.810. The number of nitrogens with zero attached hydrogens (tertiary/aromatic N) is 2. The zero-order chi connectivity index (χ0) is 15.1. The van der Waals surface area contributed by atoms with Crippen molar-refractivity contribution in [3.63, 3.8) is 0 Å². The third kappa shape index (κ3) is 2.54. The van der Waals surface area contributed by atoms with E-state index in [2.05, 4.69) is 35.8 Å². The van der Waals surface area contributed by atoms with Gasteiger partial charge in [-0.25, -0.2) is 4.98 Å². The monoisotopic (exact) mass is 318 g/mol. The average molecular weight is 319 g/mol. The van der Waals surface area contributed by atoms with Gasteiger partial charge in [-0.1, -0.05) is 23.7 Å². The van der Waals surface area contributed by atoms with Gasteiger partial charge < -0.3 is 0 Å². The zero-order valence-electron chi connectivity index (χ0n) is 12.2. The summed E-state index contributed by atoms with van der Waals surface area (Å²) in [5.41, 5.74) is 5.21. The van der Waals surface area contributed by atoms with Crippen LogP contribution in [0.4, 0.5) is 0 Å². The number of rotatable bonds is 2. The van der Waals surface area contributed by atoms with Crippen molar-refractivity contribution in [3.05, 3.63) is 58.4 Å². The first-order chi connectivity index (χ1) is 9.97. The molecule has 1 aromatic heterocycles. The van der Waals surface area contributed by atoms with Crippen LogP contribution < -0.4 is 0 Å². The van der Waals surface area contributed by atoms with Gasteiger partial charge in [-0.05, 0) is 56.2 Å². The maximum absolute atomic E-state index is 6.40. The number of hydrogen-bond acceptors (Lipinski definition) is 1. The summed E-state index contributed by atoms with van der Waals surface area (Å²) in [6.45, 7) is 6.03. The molecule has 4 heteroatoms. The molecular weight excluding hydrogens is 303 g/mol. The standard InChI is InChI=1S/C17H16Cl2N2/c1-10-5-7-15-14(8-10)20-17(12(3)18)21(15)16-9-11(2)4-6-13(16)19/h4-9,12H,1-3H3. The molecule has 1 atom stereocenters. The Hall–Kier alpha value is -1.51. The highest BCUT2D eigenvalue weighted by Gasteiger charge is 2.18. The predicted octanol–water partition coefficient (Wildman–Crippen LogP) is 5.60. The normalized spacial score (nSPS) is 12.8. The summed E-state index contributed by atoms with van der Waals surface area (Å²) in [6, 6.07) is 12.2. The third-order valence-corrected chi connectivity index (χ3v) is 4.05. The summed E-state index contributed by atoms with van der Waals surface area (Å²) in [7, 11) is 0. The van der Waals surface area contributed by atoms with E-state index in [1.54, 1.807) is 0 Å². The van der Waals surface area contributed by atoms with Crippen LogP contribution >= 0.6 is 23.2 Å². The number of alkyl halides is 1. The van der Waals surface area contributed by atoms with Crippen molar-refractivity contribution in [1.82, 2.24) is 9.55 Å². The van der Waals surface area contributed by atoms with Gasteiger partial charge in [0.1, 0.15) is 5.82 Å². The molecule has 0 aliphatic heterocycles. The van der Waals surface area contributed by atoms with Gasteiger partial charge >= 0.3 is 0 Å². The van der Waals surface area contributed by atoms with E-state index in [0.29, 0.717) is 5.02 Å². The van der Waals surface area contributed by atoms with Gasteiger partial charge in [0.15, 0.2) is 0 Å². The van der Waals surface area contributed by atoms with Crippen LogP contribution in [0.25, 0.3) is 16.7 Å². The van der Waals surface area contributed by atoms with Crippen LogP contribution in [-0.2, 0) is 0 Å². The van der Waals surface area contributed by atoms with E-state index < -0.39 is 0 Å². The molecule has 0 aliphatic carbocycles. The van der Waals surface area contributed by atoms with Gasteiger partial charge in [0.25, 0.3) is 0 Å². The number of halogens is 2. The average Bonchev–Trinajstić information content (AvgIpc) is 2.80. The predicted molar refractivity (Wildman–Crippen MR) is 89.8 cm³/mol. The summed E-state index contributed by atoms with van der Waals surface area (Å²) in [5, 5.41) is 0.494. The Bertz CT molecular complexity index is 819. The second-order valence-corrected chi connectivity index (χ2v) is 6.43. The van der Waals surface area contributed by atoms with Gasteiger partial charge in [0.2, 0.25) is 0 Å². The Morgan fingerprint density at radius 2 is 1.71 bits per heavy atom. The van der Waals surface area contributed by atoms with E-state index in [-0.39, 0.29) is 5.38 Å². The first-order valence-corrected chi connectivity index (χ1v) is 7.68. The second kappa shape index (κ2) is 5.36. The molecular formula is C17H16Cl2N2. The molecule has 0 radical (unpaired) electrons. The van der Waals surface area contributed by atoms with E-state index in [9.17, 15) is 0 Å². The highest BCUT2D eigenvalue weighted by molar-refractivity contribution is 6.32. The topological polar surface area (TPSA) is 17.8 Å². The molecule has 0 N–H and O–H groups in total. The lowest BCUT2D eigenvalue weighted by Crippen LogP contribution is -2.03. The maximum atomic E-state index is 6.40. The molecule has 2 nitrogen and oxygen atoms in total. The Labute approximate surface area is 134 Å². The molecule has 0 spiro atoms. The third-order valence-electron chi connectivity index (χ3n) is 3.53. The number of hydrogen-bond donors (Lipinski definition) is 0. The van der Waals surface area contributed by atoms with Gasteiger partial charge in [0.05, 0.1) is 27.1 Å². The SMILES string of the molecule is Cc1ccc(Cl)c(-n2c(C(C)Cl)nc3cc(C)ccc32)c1. The molecule has 0 bridgehead atoms. The van der Waals surface area contributed by atoms with Crippen LogP contribution in [0.2, 0.25) is 5.02 Å². The minimum absolute atomic E-state index is 0.200. The number of aromatic nitrogens is 2. The minimum Gasteiger partial charge on any atom is -0.294 e. The van der Waals surface area contributed by atoms with Crippen LogP contribution in [0.5, 0.6) is 0 Å². The van der Waals surface area contributed by atoms with Crippen molar-refractivity contribution in [2.45, 2.75) is 26.1 Å². The van der Waals surface area contributed by atoms with E-state index in [4.69, 9.17) is 28.2 Å². The molecule has 3 rings (SSSR count). The zero-order valence-corrected chi connectivity index (χ0v) is 13.7. The summed E-state index contributed by atoms with van der Waals surface area (Å²) in [4.78, 5) is 4.69. The largest absolute Gasteiger partial charge is 0.294 e. The molecule has 1 heterocycles. The number of benzene rings is 2. The van der Waals surface area contributed by atoms with E-state index in [0.717, 1.165) is 28.1 Å². The van der Waals surface area contributed by atoms with Crippen molar-refractivity contribution in [3.8, 4) is 5.69 Å². The first kappa shape index (κ1) is 14.4. The number of fused-ring (bicyclic) bond motifs is 1. The van der Waals surface area contributed by atoms with Gasteiger partial charge in [-0.2, -0.15) is 0 Å². The smallest absolute Gasteiger partial charge is 0.132 e. The molecule has 0 saturated heterocycles. The van der Waals surface area contributed by atoms with Crippen molar-refractivity contribution < 1.29 is 0 Å². The first-order valence-electron chi connectivity index (χ1n) is 6.87. The summed E-state index contributed by atoms with van der Waals surface area (Å²) in [6.07, 6.45) is 0. The maximum Gasteiger partial charge on any atom is 0.132 e. The van der Waals surface area contributed by atoms with Crippen LogP contribution in [0.3, 0.4) is 0 Å². The van der Waals surface area contributed by atoms with Gasteiger partial charge in [-0.3, -0.25) is 4.57 Å². The van der Waals surface area contributed by atoms with Crippen molar-refractivity contribution >= 4 is 34.2 Å². The Balaban J connectivity index is 2.39. The molecule has 0 saturated carbocycles. The number of aryl methyl sites for hydroxylation is 2. The fourth-order valence-corrected chi connectivity index (χ4v) is 2.87. The summed E-state index contributed by atoms with van der Waals surface area (Å²) < 4.78 is 2.06. The molecule has 0 amide bonds. The van der Waals surface area contributed by atoms with E-state index >= 15 is 0 Å². The Morgan fingerprint density at radius 3 is 2.43 bits per heavy atom.